The van der Waals surface area contributed by atoms with Gasteiger partial charge in [-0.2, -0.15) is 0 Å². The second-order valence-corrected chi connectivity index (χ2v) is 3.55. The normalized spacial score (nSPS) is 10.2. The molecule has 0 unspecified atom stereocenters. The summed E-state index contributed by atoms with van der Waals surface area (Å²) >= 11 is 1.75. The van der Waals surface area contributed by atoms with E-state index in [1.54, 1.807) is 24.3 Å². The van der Waals surface area contributed by atoms with Crippen molar-refractivity contribution < 1.29 is 0 Å². The Morgan fingerprint density at radius 3 is 2.54 bits per heavy atom. The van der Waals surface area contributed by atoms with E-state index < -0.39 is 0 Å². The van der Waals surface area contributed by atoms with Crippen molar-refractivity contribution in [2.24, 2.45) is 0 Å². The van der Waals surface area contributed by atoms with Crippen LogP contribution in [0.25, 0.3) is 5.69 Å². The van der Waals surface area contributed by atoms with Gasteiger partial charge in [-0.15, -0.1) is 11.8 Å². The SMILES string of the molecule is CSc1ccc(-n2ccnc2)cc1. The van der Waals surface area contributed by atoms with Gasteiger partial charge in [-0.25, -0.2) is 4.98 Å². The molecule has 0 atom stereocenters. The molecule has 1 heterocycles. The maximum absolute atomic E-state index is 4.00. The Balaban J connectivity index is 2.33. The highest BCUT2D eigenvalue weighted by molar-refractivity contribution is 7.98. The fourth-order valence-electron chi connectivity index (χ4n) is 1.17. The molecule has 0 bridgehead atoms. The zero-order chi connectivity index (χ0) is 9.10. The largest absolute Gasteiger partial charge is 0.306 e. The Hall–Kier alpha value is -1.22. The van der Waals surface area contributed by atoms with Crippen molar-refractivity contribution >= 4 is 11.8 Å². The first kappa shape index (κ1) is 8.38. The average Bonchev–Trinajstić information content (AvgIpc) is 2.71. The summed E-state index contributed by atoms with van der Waals surface area (Å²) in [6, 6.07) is 8.40. The quantitative estimate of drug-likeness (QED) is 0.677. The second-order valence-electron chi connectivity index (χ2n) is 2.67. The molecule has 66 valence electrons. The number of imidazole rings is 1. The lowest BCUT2D eigenvalue weighted by Crippen LogP contribution is -1.88. The van der Waals surface area contributed by atoms with Gasteiger partial charge in [-0.3, -0.25) is 0 Å². The summed E-state index contributed by atoms with van der Waals surface area (Å²) in [5.74, 6) is 0. The molecule has 0 saturated carbocycles. The maximum atomic E-state index is 4.00. The van der Waals surface area contributed by atoms with Crippen LogP contribution in [-0.4, -0.2) is 15.8 Å². The van der Waals surface area contributed by atoms with Crippen LogP contribution in [0.3, 0.4) is 0 Å². The Labute approximate surface area is 81.6 Å². The van der Waals surface area contributed by atoms with Crippen LogP contribution in [0.15, 0.2) is 47.9 Å². The molecule has 1 aromatic carbocycles. The number of aromatic nitrogens is 2. The van der Waals surface area contributed by atoms with Crippen LogP contribution in [0.5, 0.6) is 0 Å². The minimum Gasteiger partial charge on any atom is -0.306 e. The molecule has 1 aromatic heterocycles. The zero-order valence-electron chi connectivity index (χ0n) is 7.34. The van der Waals surface area contributed by atoms with E-state index in [1.165, 1.54) is 4.90 Å². The van der Waals surface area contributed by atoms with Gasteiger partial charge in [0.15, 0.2) is 0 Å². The molecule has 13 heavy (non-hydrogen) atoms. The van der Waals surface area contributed by atoms with Gasteiger partial charge in [0, 0.05) is 23.0 Å². The number of thioether (sulfide) groups is 1. The summed E-state index contributed by atoms with van der Waals surface area (Å²) in [6.45, 7) is 0. The van der Waals surface area contributed by atoms with Gasteiger partial charge in [0.05, 0.1) is 6.33 Å². The lowest BCUT2D eigenvalue weighted by molar-refractivity contribution is 1.05. The molecule has 0 aliphatic heterocycles. The molecule has 0 aliphatic rings. The Morgan fingerprint density at radius 1 is 1.23 bits per heavy atom. The first-order valence-corrected chi connectivity index (χ1v) is 5.25. The number of hydrogen-bond donors (Lipinski definition) is 0. The van der Waals surface area contributed by atoms with Crippen molar-refractivity contribution in [3.8, 4) is 5.69 Å². The minimum absolute atomic E-state index is 1.15. The van der Waals surface area contributed by atoms with Crippen molar-refractivity contribution in [1.29, 1.82) is 0 Å². The van der Waals surface area contributed by atoms with E-state index in [4.69, 9.17) is 0 Å². The van der Waals surface area contributed by atoms with Crippen LogP contribution < -0.4 is 0 Å². The molecular formula is C10H10N2S. The van der Waals surface area contributed by atoms with Gasteiger partial charge >= 0.3 is 0 Å². The van der Waals surface area contributed by atoms with Crippen LogP contribution in [0.1, 0.15) is 0 Å². The summed E-state index contributed by atoms with van der Waals surface area (Å²) < 4.78 is 1.99. The maximum Gasteiger partial charge on any atom is 0.0991 e. The molecule has 0 amide bonds. The number of hydrogen-bond acceptors (Lipinski definition) is 2. The van der Waals surface area contributed by atoms with Crippen molar-refractivity contribution in [2.75, 3.05) is 6.26 Å². The van der Waals surface area contributed by atoms with E-state index in [1.807, 2.05) is 10.8 Å². The van der Waals surface area contributed by atoms with Crippen LogP contribution in [-0.2, 0) is 0 Å². The Kier molecular flexibility index (Phi) is 2.36. The van der Waals surface area contributed by atoms with Crippen molar-refractivity contribution in [3.05, 3.63) is 43.0 Å². The standard InChI is InChI=1S/C10H10N2S/c1-13-10-4-2-9(3-5-10)12-7-6-11-8-12/h2-8H,1H3. The summed E-state index contributed by atoms with van der Waals surface area (Å²) in [6.07, 6.45) is 7.59. The molecular weight excluding hydrogens is 180 g/mol. The number of rotatable bonds is 2. The van der Waals surface area contributed by atoms with E-state index in [0.29, 0.717) is 0 Å². The van der Waals surface area contributed by atoms with Crippen molar-refractivity contribution in [2.45, 2.75) is 4.90 Å². The highest BCUT2D eigenvalue weighted by Crippen LogP contribution is 2.16. The first-order valence-electron chi connectivity index (χ1n) is 4.02. The molecule has 0 saturated heterocycles. The van der Waals surface area contributed by atoms with E-state index >= 15 is 0 Å². The molecule has 3 heteroatoms. The molecule has 2 aromatic rings. The molecule has 2 rings (SSSR count). The smallest absolute Gasteiger partial charge is 0.0991 e. The van der Waals surface area contributed by atoms with Crippen LogP contribution in [0.2, 0.25) is 0 Å². The topological polar surface area (TPSA) is 17.8 Å². The second kappa shape index (κ2) is 3.66. The van der Waals surface area contributed by atoms with Gasteiger partial charge < -0.3 is 4.57 Å². The van der Waals surface area contributed by atoms with Crippen LogP contribution in [0.4, 0.5) is 0 Å². The molecule has 0 N–H and O–H groups in total. The number of benzene rings is 1. The lowest BCUT2D eigenvalue weighted by Gasteiger charge is -2.02. The first-order chi connectivity index (χ1) is 6.40. The third-order valence-electron chi connectivity index (χ3n) is 1.87. The van der Waals surface area contributed by atoms with E-state index in [9.17, 15) is 0 Å². The highest BCUT2D eigenvalue weighted by atomic mass is 32.2. The van der Waals surface area contributed by atoms with E-state index in [2.05, 4.69) is 35.5 Å². The van der Waals surface area contributed by atoms with Gasteiger partial charge in [-0.1, -0.05) is 0 Å². The highest BCUT2D eigenvalue weighted by Gasteiger charge is 1.94. The van der Waals surface area contributed by atoms with E-state index in [0.717, 1.165) is 5.69 Å². The zero-order valence-corrected chi connectivity index (χ0v) is 8.16. The third-order valence-corrected chi connectivity index (χ3v) is 2.62. The van der Waals surface area contributed by atoms with Gasteiger partial charge in [-0.05, 0) is 30.5 Å². The van der Waals surface area contributed by atoms with E-state index in [-0.39, 0.29) is 0 Å². The molecule has 0 fully saturated rings. The van der Waals surface area contributed by atoms with Gasteiger partial charge in [0.1, 0.15) is 0 Å². The molecule has 0 aliphatic carbocycles. The summed E-state index contributed by atoms with van der Waals surface area (Å²) in [5.41, 5.74) is 1.15. The monoisotopic (exact) mass is 190 g/mol. The van der Waals surface area contributed by atoms with Crippen LogP contribution >= 0.6 is 11.8 Å². The van der Waals surface area contributed by atoms with Crippen molar-refractivity contribution in [3.63, 3.8) is 0 Å². The fourth-order valence-corrected chi connectivity index (χ4v) is 1.57. The molecule has 0 spiro atoms. The van der Waals surface area contributed by atoms with Crippen molar-refractivity contribution in [1.82, 2.24) is 9.55 Å². The summed E-state index contributed by atoms with van der Waals surface area (Å²) in [7, 11) is 0. The predicted molar refractivity (Wildman–Crippen MR) is 55.3 cm³/mol. The predicted octanol–water partition coefficient (Wildman–Crippen LogP) is 2.59. The number of nitrogens with zero attached hydrogens (tertiary/aromatic N) is 2. The van der Waals surface area contributed by atoms with Gasteiger partial charge in [0.25, 0.3) is 0 Å². The molecule has 2 nitrogen and oxygen atoms in total. The average molecular weight is 190 g/mol. The lowest BCUT2D eigenvalue weighted by atomic mass is 10.3. The minimum atomic E-state index is 1.15. The van der Waals surface area contributed by atoms with Gasteiger partial charge in [0.2, 0.25) is 0 Å². The third kappa shape index (κ3) is 1.75. The fraction of sp³-hybridized carbons (Fsp3) is 0.100. The van der Waals surface area contributed by atoms with Crippen LogP contribution in [0, 0.1) is 0 Å². The molecule has 0 radical (unpaired) electrons. The Morgan fingerprint density at radius 2 is 2.00 bits per heavy atom. The Bertz CT molecular complexity index is 364. The summed E-state index contributed by atoms with van der Waals surface area (Å²) in [4.78, 5) is 5.28. The summed E-state index contributed by atoms with van der Waals surface area (Å²) in [5, 5.41) is 0.